The van der Waals surface area contributed by atoms with Gasteiger partial charge in [-0.2, -0.15) is 5.26 Å². The summed E-state index contributed by atoms with van der Waals surface area (Å²) < 4.78 is 13.0. The summed E-state index contributed by atoms with van der Waals surface area (Å²) in [7, 11) is 0. The molecule has 0 aromatic heterocycles. The average Bonchev–Trinajstić information content (AvgIpc) is 2.53. The zero-order valence-corrected chi connectivity index (χ0v) is 11.0. The van der Waals surface area contributed by atoms with Crippen LogP contribution in [-0.2, 0) is 0 Å². The van der Waals surface area contributed by atoms with E-state index in [1.807, 2.05) is 24.3 Å². The summed E-state index contributed by atoms with van der Waals surface area (Å²) in [5, 5.41) is 9.27. The summed E-state index contributed by atoms with van der Waals surface area (Å²) in [6, 6.07) is 14.1. The molecule has 2 aromatic carbocycles. The zero-order chi connectivity index (χ0) is 14.8. The molecule has 4 heteroatoms. The molecule has 1 atom stereocenters. The lowest BCUT2D eigenvalue weighted by Gasteiger charge is -2.30. The maximum Gasteiger partial charge on any atom is 0.259 e. The van der Waals surface area contributed by atoms with Crippen molar-refractivity contribution < 1.29 is 9.18 Å². The lowest BCUT2D eigenvalue weighted by Crippen LogP contribution is -2.40. The van der Waals surface area contributed by atoms with Gasteiger partial charge in [0.25, 0.3) is 5.91 Å². The number of rotatable bonds is 1. The third-order valence-corrected chi connectivity index (χ3v) is 3.37. The van der Waals surface area contributed by atoms with E-state index in [0.29, 0.717) is 11.3 Å². The van der Waals surface area contributed by atoms with Crippen molar-refractivity contribution in [3.05, 3.63) is 71.6 Å². The molecule has 0 saturated heterocycles. The Morgan fingerprint density at radius 1 is 1.14 bits per heavy atom. The van der Waals surface area contributed by atoms with Gasteiger partial charge in [0.05, 0.1) is 11.8 Å². The van der Waals surface area contributed by atoms with Crippen molar-refractivity contribution in [3.63, 3.8) is 0 Å². The van der Waals surface area contributed by atoms with Gasteiger partial charge in [0.2, 0.25) is 0 Å². The highest BCUT2D eigenvalue weighted by Gasteiger charge is 2.28. The Bertz CT molecular complexity index is 759. The SMILES string of the molecule is N#CC1C=Cc2ccccc2N1C(=O)c1ccc(F)cc1. The third kappa shape index (κ3) is 2.30. The number of halogens is 1. The highest BCUT2D eigenvalue weighted by atomic mass is 19.1. The quantitative estimate of drug-likeness (QED) is 0.802. The van der Waals surface area contributed by atoms with Crippen LogP contribution in [0.3, 0.4) is 0 Å². The van der Waals surface area contributed by atoms with Crippen LogP contribution < -0.4 is 4.90 Å². The number of fused-ring (bicyclic) bond motifs is 1. The predicted octanol–water partition coefficient (Wildman–Crippen LogP) is 3.39. The second kappa shape index (κ2) is 5.22. The molecule has 0 radical (unpaired) electrons. The van der Waals surface area contributed by atoms with Gasteiger partial charge in [0, 0.05) is 5.56 Å². The van der Waals surface area contributed by atoms with Crippen LogP contribution in [0.15, 0.2) is 54.6 Å². The van der Waals surface area contributed by atoms with E-state index < -0.39 is 11.9 Å². The van der Waals surface area contributed by atoms with E-state index >= 15 is 0 Å². The van der Waals surface area contributed by atoms with E-state index in [-0.39, 0.29) is 5.91 Å². The Hall–Kier alpha value is -2.93. The van der Waals surface area contributed by atoms with Crippen molar-refractivity contribution in [1.82, 2.24) is 0 Å². The van der Waals surface area contributed by atoms with E-state index in [1.54, 1.807) is 12.1 Å². The summed E-state index contributed by atoms with van der Waals surface area (Å²) in [4.78, 5) is 14.1. The monoisotopic (exact) mass is 278 g/mol. The summed E-state index contributed by atoms with van der Waals surface area (Å²) in [5.41, 5.74) is 1.90. The Morgan fingerprint density at radius 2 is 1.86 bits per heavy atom. The van der Waals surface area contributed by atoms with Crippen LogP contribution in [0.5, 0.6) is 0 Å². The average molecular weight is 278 g/mol. The molecule has 0 fully saturated rings. The van der Waals surface area contributed by atoms with Crippen LogP contribution in [0.1, 0.15) is 15.9 Å². The van der Waals surface area contributed by atoms with Crippen LogP contribution in [0.25, 0.3) is 6.08 Å². The molecule has 3 rings (SSSR count). The number of hydrogen-bond acceptors (Lipinski definition) is 2. The second-order valence-corrected chi connectivity index (χ2v) is 4.67. The van der Waals surface area contributed by atoms with Crippen molar-refractivity contribution in [2.45, 2.75) is 6.04 Å². The number of carbonyl (C=O) groups is 1. The van der Waals surface area contributed by atoms with Gasteiger partial charge < -0.3 is 0 Å². The van der Waals surface area contributed by atoms with Crippen LogP contribution in [-0.4, -0.2) is 11.9 Å². The minimum atomic E-state index is -0.669. The summed E-state index contributed by atoms with van der Waals surface area (Å²) >= 11 is 0. The summed E-state index contributed by atoms with van der Waals surface area (Å²) in [6.45, 7) is 0. The molecule has 2 aromatic rings. The summed E-state index contributed by atoms with van der Waals surface area (Å²) in [5.74, 6) is -0.722. The third-order valence-electron chi connectivity index (χ3n) is 3.37. The molecule has 1 aliphatic rings. The number of nitrogens with zero attached hydrogens (tertiary/aromatic N) is 2. The molecule has 0 spiro atoms. The molecule has 0 aliphatic carbocycles. The van der Waals surface area contributed by atoms with Crippen LogP contribution in [0, 0.1) is 17.1 Å². The van der Waals surface area contributed by atoms with Gasteiger partial charge in [-0.05, 0) is 42.0 Å². The van der Waals surface area contributed by atoms with Crippen molar-refractivity contribution in [3.8, 4) is 6.07 Å². The fraction of sp³-hybridized carbons (Fsp3) is 0.0588. The number of benzene rings is 2. The smallest absolute Gasteiger partial charge is 0.259 e. The molecule has 1 aliphatic heterocycles. The molecule has 0 bridgehead atoms. The lowest BCUT2D eigenvalue weighted by molar-refractivity contribution is 0.0985. The number of anilines is 1. The normalized spacial score (nSPS) is 16.2. The van der Waals surface area contributed by atoms with Gasteiger partial charge in [-0.15, -0.1) is 0 Å². The fourth-order valence-corrected chi connectivity index (χ4v) is 2.35. The van der Waals surface area contributed by atoms with Crippen molar-refractivity contribution in [2.75, 3.05) is 4.90 Å². The number of nitriles is 1. The topological polar surface area (TPSA) is 44.1 Å². The molecular weight excluding hydrogens is 267 g/mol. The molecule has 102 valence electrons. The van der Waals surface area contributed by atoms with Gasteiger partial charge in [0.15, 0.2) is 0 Å². The molecule has 1 unspecified atom stereocenters. The maximum absolute atomic E-state index is 13.0. The number of hydrogen-bond donors (Lipinski definition) is 0. The van der Waals surface area contributed by atoms with Crippen LogP contribution >= 0.6 is 0 Å². The molecule has 0 saturated carbocycles. The van der Waals surface area contributed by atoms with Gasteiger partial charge in [-0.3, -0.25) is 9.69 Å². The first-order chi connectivity index (χ1) is 10.2. The van der Waals surface area contributed by atoms with E-state index in [2.05, 4.69) is 6.07 Å². The number of amides is 1. The van der Waals surface area contributed by atoms with Crippen molar-refractivity contribution in [2.24, 2.45) is 0 Å². The van der Waals surface area contributed by atoms with E-state index in [1.165, 1.54) is 29.2 Å². The van der Waals surface area contributed by atoms with Gasteiger partial charge >= 0.3 is 0 Å². The van der Waals surface area contributed by atoms with Gasteiger partial charge in [-0.1, -0.05) is 24.3 Å². The highest BCUT2D eigenvalue weighted by molar-refractivity contribution is 6.08. The van der Waals surface area contributed by atoms with E-state index in [0.717, 1.165) is 5.56 Å². The largest absolute Gasteiger partial charge is 0.288 e. The molecule has 0 N–H and O–H groups in total. The first-order valence-corrected chi connectivity index (χ1v) is 6.46. The van der Waals surface area contributed by atoms with Crippen LogP contribution in [0.2, 0.25) is 0 Å². The maximum atomic E-state index is 13.0. The highest BCUT2D eigenvalue weighted by Crippen LogP contribution is 2.30. The Kier molecular flexibility index (Phi) is 3.25. The van der Waals surface area contributed by atoms with E-state index in [9.17, 15) is 14.4 Å². The van der Waals surface area contributed by atoms with E-state index in [4.69, 9.17) is 0 Å². The first kappa shape index (κ1) is 13.1. The first-order valence-electron chi connectivity index (χ1n) is 6.46. The zero-order valence-electron chi connectivity index (χ0n) is 11.0. The fourth-order valence-electron chi connectivity index (χ4n) is 2.35. The molecule has 3 nitrogen and oxygen atoms in total. The van der Waals surface area contributed by atoms with Crippen molar-refractivity contribution >= 4 is 17.7 Å². The Labute approximate surface area is 121 Å². The summed E-state index contributed by atoms with van der Waals surface area (Å²) in [6.07, 6.45) is 3.52. The number of carbonyl (C=O) groups excluding carboxylic acids is 1. The molecular formula is C17H11FN2O. The van der Waals surface area contributed by atoms with Crippen molar-refractivity contribution in [1.29, 1.82) is 5.26 Å². The molecule has 1 heterocycles. The minimum absolute atomic E-state index is 0.321. The second-order valence-electron chi connectivity index (χ2n) is 4.67. The van der Waals surface area contributed by atoms with Crippen LogP contribution in [0.4, 0.5) is 10.1 Å². The van der Waals surface area contributed by atoms with Gasteiger partial charge in [0.1, 0.15) is 11.9 Å². The Morgan fingerprint density at radius 3 is 2.57 bits per heavy atom. The predicted molar refractivity (Wildman–Crippen MR) is 78.1 cm³/mol. The number of para-hydroxylation sites is 1. The standard InChI is InChI=1S/C17H11FN2O/c18-14-8-5-13(6-9-14)17(21)20-15(11-19)10-7-12-3-1-2-4-16(12)20/h1-10,15H. The molecule has 1 amide bonds. The Balaban J connectivity index is 2.06. The molecule has 21 heavy (non-hydrogen) atoms. The lowest BCUT2D eigenvalue weighted by atomic mass is 10.0. The van der Waals surface area contributed by atoms with Gasteiger partial charge in [-0.25, -0.2) is 4.39 Å². The minimum Gasteiger partial charge on any atom is -0.288 e.